The largest absolute Gasteiger partial charge is 0.491 e. The number of para-hydroxylation sites is 1. The Kier molecular flexibility index (Phi) is 5.97. The van der Waals surface area contributed by atoms with Crippen LogP contribution in [0, 0.1) is 0 Å². The quantitative estimate of drug-likeness (QED) is 0.810. The van der Waals surface area contributed by atoms with Gasteiger partial charge in [0.15, 0.2) is 0 Å². The van der Waals surface area contributed by atoms with Gasteiger partial charge in [0.05, 0.1) is 12.2 Å². The molecule has 0 unspecified atom stereocenters. The Morgan fingerprint density at radius 2 is 2.19 bits per heavy atom. The summed E-state index contributed by atoms with van der Waals surface area (Å²) in [6.07, 6.45) is 6.00. The predicted molar refractivity (Wildman–Crippen MR) is 84.0 cm³/mol. The summed E-state index contributed by atoms with van der Waals surface area (Å²) in [4.78, 5) is 0. The van der Waals surface area contributed by atoms with Crippen molar-refractivity contribution >= 4 is 6.08 Å². The summed E-state index contributed by atoms with van der Waals surface area (Å²) in [6, 6.07) is 8.01. The first-order valence-electron chi connectivity index (χ1n) is 7.27. The van der Waals surface area contributed by atoms with Gasteiger partial charge in [0.25, 0.3) is 0 Å². The van der Waals surface area contributed by atoms with E-state index in [4.69, 9.17) is 4.74 Å². The Balaban J connectivity index is 1.85. The molecular formula is C16H22N4O. The van der Waals surface area contributed by atoms with Crippen molar-refractivity contribution in [2.75, 3.05) is 13.2 Å². The van der Waals surface area contributed by atoms with Crippen molar-refractivity contribution in [2.45, 2.75) is 26.9 Å². The molecule has 5 nitrogen and oxygen atoms in total. The molecule has 1 aromatic carbocycles. The molecular weight excluding hydrogens is 264 g/mol. The van der Waals surface area contributed by atoms with E-state index in [2.05, 4.69) is 22.6 Å². The standard InChI is InChI=1S/C16H22N4O/c1-3-7-14-8-5-6-9-16(14)21-11-10-20-13-15(18-19-20)12-17-4-2/h3,5-9,13,17H,4,10-12H2,1-2H3. The molecule has 0 spiro atoms. The smallest absolute Gasteiger partial charge is 0.126 e. The van der Waals surface area contributed by atoms with E-state index in [0.29, 0.717) is 13.2 Å². The van der Waals surface area contributed by atoms with Gasteiger partial charge in [0, 0.05) is 18.3 Å². The fraction of sp³-hybridized carbons (Fsp3) is 0.375. The van der Waals surface area contributed by atoms with Crippen molar-refractivity contribution in [1.82, 2.24) is 20.3 Å². The number of hydrogen-bond acceptors (Lipinski definition) is 4. The molecule has 0 fully saturated rings. The fourth-order valence-corrected chi connectivity index (χ4v) is 1.96. The number of nitrogens with one attached hydrogen (secondary N) is 1. The Morgan fingerprint density at radius 1 is 1.33 bits per heavy atom. The van der Waals surface area contributed by atoms with Gasteiger partial charge in [-0.1, -0.05) is 42.5 Å². The van der Waals surface area contributed by atoms with Crippen LogP contribution in [0.25, 0.3) is 6.08 Å². The molecule has 0 saturated heterocycles. The third kappa shape index (κ3) is 4.72. The Bertz CT molecular complexity index is 577. The normalized spacial score (nSPS) is 11.1. The van der Waals surface area contributed by atoms with Gasteiger partial charge in [0.1, 0.15) is 12.4 Å². The maximum absolute atomic E-state index is 5.83. The van der Waals surface area contributed by atoms with Crippen LogP contribution < -0.4 is 10.1 Å². The molecule has 0 saturated carbocycles. The highest BCUT2D eigenvalue weighted by Gasteiger charge is 2.02. The van der Waals surface area contributed by atoms with Gasteiger partial charge in [-0.05, 0) is 19.5 Å². The number of nitrogens with zero attached hydrogens (tertiary/aromatic N) is 3. The fourth-order valence-electron chi connectivity index (χ4n) is 1.96. The van der Waals surface area contributed by atoms with E-state index in [1.54, 1.807) is 0 Å². The van der Waals surface area contributed by atoms with E-state index in [9.17, 15) is 0 Å². The van der Waals surface area contributed by atoms with E-state index in [-0.39, 0.29) is 0 Å². The van der Waals surface area contributed by atoms with E-state index in [0.717, 1.165) is 30.1 Å². The summed E-state index contributed by atoms with van der Waals surface area (Å²) in [5, 5.41) is 11.4. The van der Waals surface area contributed by atoms with E-state index in [1.165, 1.54) is 0 Å². The zero-order chi connectivity index (χ0) is 14.9. The molecule has 21 heavy (non-hydrogen) atoms. The third-order valence-electron chi connectivity index (χ3n) is 2.99. The molecule has 112 valence electrons. The number of rotatable bonds is 8. The molecule has 5 heteroatoms. The molecule has 0 amide bonds. The Labute approximate surface area is 125 Å². The molecule has 0 aliphatic carbocycles. The van der Waals surface area contributed by atoms with E-state index < -0.39 is 0 Å². The second-order valence-electron chi connectivity index (χ2n) is 4.64. The van der Waals surface area contributed by atoms with Gasteiger partial charge >= 0.3 is 0 Å². The lowest BCUT2D eigenvalue weighted by atomic mass is 10.2. The number of benzene rings is 1. The van der Waals surface area contributed by atoms with Gasteiger partial charge in [-0.2, -0.15) is 0 Å². The average molecular weight is 286 g/mol. The molecule has 0 radical (unpaired) electrons. The third-order valence-corrected chi connectivity index (χ3v) is 2.99. The van der Waals surface area contributed by atoms with Crippen molar-refractivity contribution in [3.05, 3.63) is 47.8 Å². The highest BCUT2D eigenvalue weighted by atomic mass is 16.5. The molecule has 0 aliphatic rings. The lowest BCUT2D eigenvalue weighted by molar-refractivity contribution is 0.289. The van der Waals surface area contributed by atoms with Gasteiger partial charge in [-0.25, -0.2) is 4.68 Å². The average Bonchev–Trinajstić information content (AvgIpc) is 2.95. The van der Waals surface area contributed by atoms with Crippen molar-refractivity contribution < 1.29 is 4.74 Å². The minimum atomic E-state index is 0.568. The summed E-state index contributed by atoms with van der Waals surface area (Å²) in [5.74, 6) is 0.892. The highest BCUT2D eigenvalue weighted by molar-refractivity contribution is 5.56. The minimum Gasteiger partial charge on any atom is -0.491 e. The molecule has 2 rings (SSSR count). The maximum atomic E-state index is 5.83. The Hall–Kier alpha value is -2.14. The summed E-state index contributed by atoms with van der Waals surface area (Å²) >= 11 is 0. The van der Waals surface area contributed by atoms with Gasteiger partial charge in [-0.15, -0.1) is 5.10 Å². The van der Waals surface area contributed by atoms with Crippen LogP contribution in [0.2, 0.25) is 0 Å². The number of hydrogen-bond donors (Lipinski definition) is 1. The lowest BCUT2D eigenvalue weighted by Crippen LogP contribution is -2.12. The van der Waals surface area contributed by atoms with Gasteiger partial charge in [-0.3, -0.25) is 0 Å². The predicted octanol–water partition coefficient (Wildman–Crippen LogP) is 2.50. The topological polar surface area (TPSA) is 52.0 Å². The second kappa shape index (κ2) is 8.21. The molecule has 1 heterocycles. The first kappa shape index (κ1) is 15.3. The lowest BCUT2D eigenvalue weighted by Gasteiger charge is -2.08. The van der Waals surface area contributed by atoms with Crippen molar-refractivity contribution in [1.29, 1.82) is 0 Å². The molecule has 2 aromatic rings. The SMILES string of the molecule is CC=Cc1ccccc1OCCn1cc(CNCC)nn1. The first-order valence-corrected chi connectivity index (χ1v) is 7.27. The highest BCUT2D eigenvalue weighted by Crippen LogP contribution is 2.19. The van der Waals surface area contributed by atoms with Crippen LogP contribution in [0.4, 0.5) is 0 Å². The number of aromatic nitrogens is 3. The van der Waals surface area contributed by atoms with Crippen molar-refractivity contribution in [2.24, 2.45) is 0 Å². The monoisotopic (exact) mass is 286 g/mol. The summed E-state index contributed by atoms with van der Waals surface area (Å²) in [6.45, 7) is 7.00. The van der Waals surface area contributed by atoms with E-state index >= 15 is 0 Å². The van der Waals surface area contributed by atoms with Crippen molar-refractivity contribution in [3.63, 3.8) is 0 Å². The molecule has 1 N–H and O–H groups in total. The maximum Gasteiger partial charge on any atom is 0.126 e. The molecule has 0 aliphatic heterocycles. The van der Waals surface area contributed by atoms with Crippen LogP contribution in [-0.2, 0) is 13.1 Å². The van der Waals surface area contributed by atoms with Crippen LogP contribution in [0.1, 0.15) is 25.1 Å². The minimum absolute atomic E-state index is 0.568. The van der Waals surface area contributed by atoms with E-state index in [1.807, 2.05) is 54.2 Å². The molecule has 0 bridgehead atoms. The summed E-state index contributed by atoms with van der Waals surface area (Å²) < 4.78 is 7.64. The molecule has 1 aromatic heterocycles. The van der Waals surface area contributed by atoms with Crippen LogP contribution in [0.5, 0.6) is 5.75 Å². The number of allylic oxidation sites excluding steroid dienone is 1. The zero-order valence-corrected chi connectivity index (χ0v) is 12.6. The van der Waals surface area contributed by atoms with Crippen molar-refractivity contribution in [3.8, 4) is 5.75 Å². The van der Waals surface area contributed by atoms with Crippen LogP contribution in [0.3, 0.4) is 0 Å². The van der Waals surface area contributed by atoms with Crippen LogP contribution in [0.15, 0.2) is 36.5 Å². The summed E-state index contributed by atoms with van der Waals surface area (Å²) in [7, 11) is 0. The van der Waals surface area contributed by atoms with Gasteiger partial charge in [0.2, 0.25) is 0 Å². The molecule has 0 atom stereocenters. The summed E-state index contributed by atoms with van der Waals surface area (Å²) in [5.41, 5.74) is 2.04. The Morgan fingerprint density at radius 3 is 3.00 bits per heavy atom. The first-order chi connectivity index (χ1) is 10.3. The zero-order valence-electron chi connectivity index (χ0n) is 12.6. The van der Waals surface area contributed by atoms with Gasteiger partial charge < -0.3 is 10.1 Å². The van der Waals surface area contributed by atoms with Crippen LogP contribution in [-0.4, -0.2) is 28.1 Å². The van der Waals surface area contributed by atoms with Crippen LogP contribution >= 0.6 is 0 Å². The second-order valence-corrected chi connectivity index (χ2v) is 4.64. The number of ether oxygens (including phenoxy) is 1.